The monoisotopic (exact) mass is 268 g/mol. The van der Waals surface area contributed by atoms with Crippen molar-refractivity contribution < 1.29 is 0 Å². The zero-order chi connectivity index (χ0) is 14.5. The van der Waals surface area contributed by atoms with Gasteiger partial charge in [0.25, 0.3) is 0 Å². The smallest absolute Gasteiger partial charge is 0.120 e. The summed E-state index contributed by atoms with van der Waals surface area (Å²) >= 11 is 0. The van der Waals surface area contributed by atoms with Gasteiger partial charge in [0.15, 0.2) is 0 Å². The summed E-state index contributed by atoms with van der Waals surface area (Å²) < 4.78 is 0. The highest BCUT2D eigenvalue weighted by Gasteiger charge is 2.39. The minimum Gasteiger partial charge on any atom is -0.359 e. The number of hydrogen-bond acceptors (Lipinski definition) is 2. The summed E-state index contributed by atoms with van der Waals surface area (Å²) in [5.41, 5.74) is 1.12. The minimum atomic E-state index is -0.0592. The first kappa shape index (κ1) is 14.7. The predicted molar refractivity (Wildman–Crippen MR) is 84.4 cm³/mol. The van der Waals surface area contributed by atoms with Crippen LogP contribution < -0.4 is 4.90 Å². The van der Waals surface area contributed by atoms with E-state index in [1.807, 2.05) is 25.2 Å². The van der Waals surface area contributed by atoms with Gasteiger partial charge in [0, 0.05) is 18.7 Å². The Morgan fingerprint density at radius 3 is 2.60 bits per heavy atom. The van der Waals surface area contributed by atoms with Gasteiger partial charge in [-0.25, -0.2) is 0 Å². The Morgan fingerprint density at radius 2 is 2.00 bits per heavy atom. The van der Waals surface area contributed by atoms with Gasteiger partial charge in [-0.2, -0.15) is 5.26 Å². The highest BCUT2D eigenvalue weighted by Crippen LogP contribution is 2.41. The molecule has 0 heterocycles. The van der Waals surface area contributed by atoms with E-state index in [0.29, 0.717) is 17.8 Å². The molecule has 0 amide bonds. The lowest BCUT2D eigenvalue weighted by atomic mass is 9.83. The van der Waals surface area contributed by atoms with Gasteiger partial charge in [-0.05, 0) is 43.7 Å². The van der Waals surface area contributed by atoms with Crippen molar-refractivity contribution in [3.63, 3.8) is 0 Å². The number of nitrogens with zero attached hydrogens (tertiary/aromatic N) is 2. The van der Waals surface area contributed by atoms with Gasteiger partial charge < -0.3 is 4.90 Å². The quantitative estimate of drug-likeness (QED) is 0.763. The predicted octanol–water partition coefficient (Wildman–Crippen LogP) is 4.25. The fourth-order valence-electron chi connectivity index (χ4n) is 3.53. The first-order valence-corrected chi connectivity index (χ1v) is 7.49. The topological polar surface area (TPSA) is 27.0 Å². The standard InChI is InChI=1S/C18H24N2/c1-4-8-15-12-11-14(2)18(15)17(13-19)20(3)16-9-6-5-7-10-16/h4-10,14-15,17-18H,11-12H2,1-3H3/b8-4+/t14?,15-,17-,18-/m1/s1. The van der Waals surface area contributed by atoms with E-state index >= 15 is 0 Å². The third kappa shape index (κ3) is 2.88. The summed E-state index contributed by atoms with van der Waals surface area (Å²) in [4.78, 5) is 2.14. The van der Waals surface area contributed by atoms with E-state index in [9.17, 15) is 5.26 Å². The molecule has 0 radical (unpaired) electrons. The summed E-state index contributed by atoms with van der Waals surface area (Å²) in [5.74, 6) is 1.55. The lowest BCUT2D eigenvalue weighted by molar-refractivity contribution is 0.334. The van der Waals surface area contributed by atoms with Crippen LogP contribution in [0.5, 0.6) is 0 Å². The number of benzene rings is 1. The Morgan fingerprint density at radius 1 is 1.30 bits per heavy atom. The normalized spacial score (nSPS) is 27.4. The maximum absolute atomic E-state index is 9.71. The first-order chi connectivity index (χ1) is 9.69. The molecule has 0 bridgehead atoms. The van der Waals surface area contributed by atoms with Crippen molar-refractivity contribution in [3.8, 4) is 6.07 Å². The van der Waals surface area contributed by atoms with E-state index < -0.39 is 0 Å². The largest absolute Gasteiger partial charge is 0.359 e. The van der Waals surface area contributed by atoms with Crippen molar-refractivity contribution in [3.05, 3.63) is 42.5 Å². The van der Waals surface area contributed by atoms with Crippen molar-refractivity contribution in [2.45, 2.75) is 32.7 Å². The number of allylic oxidation sites excluding steroid dienone is 2. The Bertz CT molecular complexity index is 486. The first-order valence-electron chi connectivity index (χ1n) is 7.49. The van der Waals surface area contributed by atoms with Crippen molar-refractivity contribution in [2.24, 2.45) is 17.8 Å². The highest BCUT2D eigenvalue weighted by molar-refractivity contribution is 5.48. The molecule has 1 unspecified atom stereocenters. The second kappa shape index (κ2) is 6.61. The summed E-state index contributed by atoms with van der Waals surface area (Å²) in [6.45, 7) is 4.36. The van der Waals surface area contributed by atoms with E-state index in [0.717, 1.165) is 5.69 Å². The molecule has 2 heteroatoms. The van der Waals surface area contributed by atoms with Crippen LogP contribution in [0.4, 0.5) is 5.69 Å². The average molecular weight is 268 g/mol. The molecule has 1 aliphatic carbocycles. The van der Waals surface area contributed by atoms with Crippen LogP contribution in [0, 0.1) is 29.1 Å². The Hall–Kier alpha value is -1.75. The van der Waals surface area contributed by atoms with Crippen molar-refractivity contribution in [2.75, 3.05) is 11.9 Å². The van der Waals surface area contributed by atoms with E-state index in [1.165, 1.54) is 12.8 Å². The van der Waals surface area contributed by atoms with Crippen LogP contribution in [0.1, 0.15) is 26.7 Å². The summed E-state index contributed by atoms with van der Waals surface area (Å²) in [6.07, 6.45) is 6.85. The molecule has 0 spiro atoms. The Labute approximate surface area is 122 Å². The Kier molecular flexibility index (Phi) is 4.84. The van der Waals surface area contributed by atoms with Gasteiger partial charge in [0.1, 0.15) is 6.04 Å². The van der Waals surface area contributed by atoms with Gasteiger partial charge in [-0.15, -0.1) is 0 Å². The zero-order valence-electron chi connectivity index (χ0n) is 12.7. The van der Waals surface area contributed by atoms with E-state index in [2.05, 4.69) is 49.1 Å². The van der Waals surface area contributed by atoms with Crippen LogP contribution in [-0.2, 0) is 0 Å². The maximum atomic E-state index is 9.71. The molecule has 1 fully saturated rings. The van der Waals surface area contributed by atoms with Crippen molar-refractivity contribution in [1.82, 2.24) is 0 Å². The SMILES string of the molecule is C/C=C/[C@@H]1CCC(C)[C@H]1[C@@H](C#N)N(C)c1ccccc1. The second-order valence-corrected chi connectivity index (χ2v) is 5.84. The molecule has 2 rings (SSSR count). The van der Waals surface area contributed by atoms with Crippen LogP contribution in [0.25, 0.3) is 0 Å². The molecule has 1 aromatic rings. The molecule has 106 valence electrons. The molecule has 1 saturated carbocycles. The van der Waals surface area contributed by atoms with Crippen molar-refractivity contribution in [1.29, 1.82) is 5.26 Å². The van der Waals surface area contributed by atoms with Gasteiger partial charge in [-0.3, -0.25) is 0 Å². The fraction of sp³-hybridized carbons (Fsp3) is 0.500. The molecule has 20 heavy (non-hydrogen) atoms. The summed E-state index contributed by atoms with van der Waals surface area (Å²) in [5, 5.41) is 9.71. The van der Waals surface area contributed by atoms with E-state index in [4.69, 9.17) is 0 Å². The molecule has 0 saturated heterocycles. The van der Waals surface area contributed by atoms with Crippen molar-refractivity contribution >= 4 is 5.69 Å². The molecular weight excluding hydrogens is 244 g/mol. The molecular formula is C18H24N2. The molecule has 1 aliphatic rings. The highest BCUT2D eigenvalue weighted by atomic mass is 15.1. The van der Waals surface area contributed by atoms with Crippen LogP contribution in [0.3, 0.4) is 0 Å². The number of anilines is 1. The minimum absolute atomic E-state index is 0.0592. The van der Waals surface area contributed by atoms with Crippen LogP contribution in [-0.4, -0.2) is 13.1 Å². The summed E-state index contributed by atoms with van der Waals surface area (Å²) in [6, 6.07) is 12.7. The lowest BCUT2D eigenvalue weighted by Crippen LogP contribution is -2.40. The van der Waals surface area contributed by atoms with Crippen LogP contribution in [0.15, 0.2) is 42.5 Å². The molecule has 0 N–H and O–H groups in total. The van der Waals surface area contributed by atoms with Gasteiger partial charge >= 0.3 is 0 Å². The maximum Gasteiger partial charge on any atom is 0.120 e. The number of nitriles is 1. The van der Waals surface area contributed by atoms with Gasteiger partial charge in [-0.1, -0.05) is 37.3 Å². The third-order valence-electron chi connectivity index (χ3n) is 4.62. The van der Waals surface area contributed by atoms with Gasteiger partial charge in [0.05, 0.1) is 6.07 Å². The number of hydrogen-bond donors (Lipinski definition) is 0. The Balaban J connectivity index is 2.25. The lowest BCUT2D eigenvalue weighted by Gasteiger charge is -2.34. The van der Waals surface area contributed by atoms with E-state index in [-0.39, 0.29) is 6.04 Å². The van der Waals surface area contributed by atoms with E-state index in [1.54, 1.807) is 0 Å². The van der Waals surface area contributed by atoms with Crippen LogP contribution >= 0.6 is 0 Å². The zero-order valence-corrected chi connectivity index (χ0v) is 12.7. The molecule has 0 aromatic heterocycles. The number of rotatable bonds is 4. The number of para-hydroxylation sites is 1. The average Bonchev–Trinajstić information content (AvgIpc) is 2.83. The molecule has 2 nitrogen and oxygen atoms in total. The third-order valence-corrected chi connectivity index (χ3v) is 4.62. The molecule has 4 atom stereocenters. The fourth-order valence-corrected chi connectivity index (χ4v) is 3.53. The van der Waals surface area contributed by atoms with Gasteiger partial charge in [0.2, 0.25) is 0 Å². The summed E-state index contributed by atoms with van der Waals surface area (Å²) in [7, 11) is 2.04. The second-order valence-electron chi connectivity index (χ2n) is 5.84. The van der Waals surface area contributed by atoms with Crippen LogP contribution in [0.2, 0.25) is 0 Å². The molecule has 0 aliphatic heterocycles. The molecule has 1 aromatic carbocycles.